The predicted octanol–water partition coefficient (Wildman–Crippen LogP) is 1.53. The number of halogens is 1. The molecule has 146 valence electrons. The van der Waals surface area contributed by atoms with Crippen molar-refractivity contribution in [2.75, 3.05) is 45.7 Å². The Hall–Kier alpha value is -1.93. The van der Waals surface area contributed by atoms with Crippen LogP contribution >= 0.6 is 22.9 Å². The Morgan fingerprint density at radius 3 is 2.59 bits per heavy atom. The molecule has 0 aliphatic heterocycles. The number of anilines is 1. The number of amides is 2. The fourth-order valence-electron chi connectivity index (χ4n) is 2.53. The molecule has 1 atom stereocenters. The summed E-state index contributed by atoms with van der Waals surface area (Å²) in [7, 11) is 3.45. The highest BCUT2D eigenvalue weighted by Crippen LogP contribution is 2.13. The lowest BCUT2D eigenvalue weighted by molar-refractivity contribution is -0.862. The Balaban J connectivity index is 1.85. The van der Waals surface area contributed by atoms with E-state index in [4.69, 9.17) is 16.3 Å². The van der Waals surface area contributed by atoms with Gasteiger partial charge in [0.05, 0.1) is 20.2 Å². The first kappa shape index (κ1) is 21.4. The fraction of sp³-hybridized carbons (Fsp3) is 0.368. The van der Waals surface area contributed by atoms with E-state index in [1.807, 2.05) is 24.6 Å². The molecule has 1 aromatic heterocycles. The molecule has 0 spiro atoms. The Bertz CT molecular complexity index is 722. The number of thiophene rings is 1. The summed E-state index contributed by atoms with van der Waals surface area (Å²) in [5.41, 5.74) is 0.683. The molecule has 8 heteroatoms. The van der Waals surface area contributed by atoms with Crippen LogP contribution in [0.4, 0.5) is 5.69 Å². The minimum Gasteiger partial charge on any atom is -0.383 e. The van der Waals surface area contributed by atoms with Crippen molar-refractivity contribution >= 4 is 40.4 Å². The summed E-state index contributed by atoms with van der Waals surface area (Å²) in [5, 5.41) is 5.42. The van der Waals surface area contributed by atoms with Crippen molar-refractivity contribution < 1.29 is 19.2 Å². The first-order chi connectivity index (χ1) is 13.0. The maximum atomic E-state index is 12.7. The van der Waals surface area contributed by atoms with Crippen LogP contribution in [0.3, 0.4) is 0 Å². The molecule has 1 aromatic carbocycles. The molecule has 1 heterocycles. The van der Waals surface area contributed by atoms with Gasteiger partial charge in [-0.1, -0.05) is 17.7 Å². The van der Waals surface area contributed by atoms with Crippen molar-refractivity contribution in [3.63, 3.8) is 0 Å². The summed E-state index contributed by atoms with van der Waals surface area (Å²) in [6.45, 7) is 2.00. The van der Waals surface area contributed by atoms with Gasteiger partial charge in [0.1, 0.15) is 0 Å². The van der Waals surface area contributed by atoms with Crippen LogP contribution in [0.15, 0.2) is 41.8 Å². The standard InChI is InChI=1S/C19H24ClN3O3S/c1-22(13-18(24)21-16-7-5-15(20)6-8-16)14-19(25)23(9-10-26-2)12-17-4-3-11-27-17/h3-8,11H,9-10,12-14H2,1-2H3,(H,21,24)/p+1. The highest BCUT2D eigenvalue weighted by molar-refractivity contribution is 7.09. The number of carbonyl (C=O) groups is 2. The van der Waals surface area contributed by atoms with E-state index >= 15 is 0 Å². The van der Waals surface area contributed by atoms with Gasteiger partial charge in [0.15, 0.2) is 13.1 Å². The Morgan fingerprint density at radius 1 is 1.22 bits per heavy atom. The third kappa shape index (κ3) is 7.68. The third-order valence-electron chi connectivity index (χ3n) is 3.89. The summed E-state index contributed by atoms with van der Waals surface area (Å²) in [5.74, 6) is -0.151. The number of methoxy groups -OCH3 is 1. The molecule has 0 saturated heterocycles. The van der Waals surface area contributed by atoms with E-state index in [1.54, 1.807) is 47.6 Å². The van der Waals surface area contributed by atoms with E-state index in [2.05, 4.69) is 5.32 Å². The van der Waals surface area contributed by atoms with Crippen LogP contribution in [0.1, 0.15) is 4.88 Å². The lowest BCUT2D eigenvalue weighted by atomic mass is 10.3. The summed E-state index contributed by atoms with van der Waals surface area (Å²) in [4.78, 5) is 28.6. The molecule has 0 radical (unpaired) electrons. The Labute approximate surface area is 168 Å². The lowest BCUT2D eigenvalue weighted by Gasteiger charge is -2.23. The number of hydrogen-bond donors (Lipinski definition) is 2. The number of nitrogens with zero attached hydrogens (tertiary/aromatic N) is 1. The van der Waals surface area contributed by atoms with Crippen LogP contribution in [0.2, 0.25) is 5.02 Å². The number of quaternary nitrogens is 1. The number of rotatable bonds is 10. The average molecular weight is 411 g/mol. The monoisotopic (exact) mass is 410 g/mol. The van der Waals surface area contributed by atoms with Gasteiger partial charge in [-0.15, -0.1) is 11.3 Å². The van der Waals surface area contributed by atoms with Gasteiger partial charge in [-0.25, -0.2) is 0 Å². The van der Waals surface area contributed by atoms with Crippen molar-refractivity contribution in [3.05, 3.63) is 51.7 Å². The molecule has 0 aliphatic rings. The van der Waals surface area contributed by atoms with Crippen molar-refractivity contribution in [2.45, 2.75) is 6.54 Å². The van der Waals surface area contributed by atoms with E-state index in [1.165, 1.54) is 0 Å². The smallest absolute Gasteiger partial charge is 0.279 e. The maximum Gasteiger partial charge on any atom is 0.279 e. The number of nitrogens with one attached hydrogen (secondary N) is 2. The molecular weight excluding hydrogens is 386 g/mol. The minimum absolute atomic E-state index is 0.00255. The molecule has 0 saturated carbocycles. The van der Waals surface area contributed by atoms with Crippen molar-refractivity contribution in [2.24, 2.45) is 0 Å². The zero-order chi connectivity index (χ0) is 19.6. The Kier molecular flexibility index (Phi) is 8.74. The van der Waals surface area contributed by atoms with Gasteiger partial charge in [-0.3, -0.25) is 9.59 Å². The summed E-state index contributed by atoms with van der Waals surface area (Å²) in [6.07, 6.45) is 0. The molecular formula is C19H25ClN3O3S+. The second-order valence-corrected chi connectivity index (χ2v) is 7.72. The molecule has 2 amide bonds. The van der Waals surface area contributed by atoms with Crippen molar-refractivity contribution in [3.8, 4) is 0 Å². The predicted molar refractivity (Wildman–Crippen MR) is 108 cm³/mol. The fourth-order valence-corrected chi connectivity index (χ4v) is 3.37. The maximum absolute atomic E-state index is 12.7. The molecule has 27 heavy (non-hydrogen) atoms. The largest absolute Gasteiger partial charge is 0.383 e. The number of benzene rings is 1. The van der Waals surface area contributed by atoms with Gasteiger partial charge >= 0.3 is 0 Å². The highest BCUT2D eigenvalue weighted by atomic mass is 35.5. The first-order valence-electron chi connectivity index (χ1n) is 8.63. The third-order valence-corrected chi connectivity index (χ3v) is 5.00. The van der Waals surface area contributed by atoms with Gasteiger partial charge in [0.25, 0.3) is 11.8 Å². The summed E-state index contributed by atoms with van der Waals surface area (Å²) >= 11 is 7.46. The SMILES string of the molecule is COCCN(Cc1cccs1)C(=O)C[NH+](C)CC(=O)Nc1ccc(Cl)cc1. The van der Waals surface area contributed by atoms with Crippen LogP contribution in [0, 0.1) is 0 Å². The van der Waals surface area contributed by atoms with Gasteiger partial charge in [-0.05, 0) is 35.7 Å². The van der Waals surface area contributed by atoms with Gasteiger partial charge in [0, 0.05) is 29.2 Å². The molecule has 2 rings (SSSR count). The minimum atomic E-state index is -0.149. The zero-order valence-electron chi connectivity index (χ0n) is 15.5. The zero-order valence-corrected chi connectivity index (χ0v) is 17.1. The molecule has 0 bridgehead atoms. The first-order valence-corrected chi connectivity index (χ1v) is 9.89. The summed E-state index contributed by atoms with van der Waals surface area (Å²) < 4.78 is 5.12. The van der Waals surface area contributed by atoms with E-state index in [9.17, 15) is 9.59 Å². The molecule has 1 unspecified atom stereocenters. The molecule has 6 nitrogen and oxygen atoms in total. The van der Waals surface area contributed by atoms with E-state index in [0.29, 0.717) is 30.4 Å². The second-order valence-electron chi connectivity index (χ2n) is 6.25. The average Bonchev–Trinajstić information content (AvgIpc) is 3.13. The molecule has 0 aliphatic carbocycles. The van der Waals surface area contributed by atoms with Crippen LogP contribution in [-0.4, -0.2) is 57.1 Å². The van der Waals surface area contributed by atoms with Crippen molar-refractivity contribution in [1.29, 1.82) is 0 Å². The summed E-state index contributed by atoms with van der Waals surface area (Å²) in [6, 6.07) is 10.9. The molecule has 0 fully saturated rings. The molecule has 2 N–H and O–H groups in total. The topological polar surface area (TPSA) is 63.1 Å². The highest BCUT2D eigenvalue weighted by Gasteiger charge is 2.20. The molecule has 2 aromatic rings. The number of carbonyl (C=O) groups excluding carboxylic acids is 2. The number of likely N-dealkylation sites (N-methyl/N-ethyl adjacent to an activating group) is 1. The van der Waals surface area contributed by atoms with Gasteiger partial charge < -0.3 is 19.9 Å². The van der Waals surface area contributed by atoms with E-state index in [-0.39, 0.29) is 24.9 Å². The van der Waals surface area contributed by atoms with E-state index < -0.39 is 0 Å². The normalized spacial score (nSPS) is 11.8. The van der Waals surface area contributed by atoms with Crippen molar-refractivity contribution in [1.82, 2.24) is 4.90 Å². The number of ether oxygens (including phenoxy) is 1. The Morgan fingerprint density at radius 2 is 1.96 bits per heavy atom. The van der Waals surface area contributed by atoms with Crippen LogP contribution in [0.5, 0.6) is 0 Å². The van der Waals surface area contributed by atoms with Crippen LogP contribution in [0.25, 0.3) is 0 Å². The van der Waals surface area contributed by atoms with Crippen LogP contribution in [-0.2, 0) is 20.9 Å². The van der Waals surface area contributed by atoms with Gasteiger partial charge in [0.2, 0.25) is 0 Å². The number of hydrogen-bond acceptors (Lipinski definition) is 4. The van der Waals surface area contributed by atoms with Crippen LogP contribution < -0.4 is 10.2 Å². The second kappa shape index (κ2) is 11.0. The lowest BCUT2D eigenvalue weighted by Crippen LogP contribution is -3.11. The quantitative estimate of drug-likeness (QED) is 0.624. The van der Waals surface area contributed by atoms with E-state index in [0.717, 1.165) is 9.78 Å². The van der Waals surface area contributed by atoms with Gasteiger partial charge in [-0.2, -0.15) is 0 Å².